The van der Waals surface area contributed by atoms with E-state index in [0.29, 0.717) is 11.3 Å². The standard InChI is InChI=1S/C18H19N5O/c1-14(11-12-15-7-3-2-4-8-15)20-18(24)16-9-5-6-10-17(16)23-13-19-21-22-23/h2-10,13-14H,11-12H2,1H3,(H,20,24). The molecule has 0 bridgehead atoms. The summed E-state index contributed by atoms with van der Waals surface area (Å²) in [6, 6.07) is 17.6. The number of carbonyl (C=O) groups excluding carboxylic acids is 1. The molecule has 0 aliphatic carbocycles. The van der Waals surface area contributed by atoms with Gasteiger partial charge in [-0.05, 0) is 47.9 Å². The Bertz CT molecular complexity index is 786. The SMILES string of the molecule is CC(CCc1ccccc1)NC(=O)c1ccccc1-n1cnnn1. The molecule has 6 heteroatoms. The monoisotopic (exact) mass is 321 g/mol. The van der Waals surface area contributed by atoms with Crippen molar-refractivity contribution in [2.24, 2.45) is 0 Å². The molecule has 0 aliphatic rings. The van der Waals surface area contributed by atoms with Crippen LogP contribution in [0.5, 0.6) is 0 Å². The van der Waals surface area contributed by atoms with Gasteiger partial charge >= 0.3 is 0 Å². The highest BCUT2D eigenvalue weighted by atomic mass is 16.1. The van der Waals surface area contributed by atoms with E-state index < -0.39 is 0 Å². The third kappa shape index (κ3) is 3.84. The molecule has 122 valence electrons. The Balaban J connectivity index is 1.65. The van der Waals surface area contributed by atoms with Crippen molar-refractivity contribution < 1.29 is 4.79 Å². The zero-order valence-corrected chi connectivity index (χ0v) is 13.5. The Kier molecular flexibility index (Phi) is 4.96. The van der Waals surface area contributed by atoms with Crippen LogP contribution in [0.2, 0.25) is 0 Å². The zero-order valence-electron chi connectivity index (χ0n) is 13.5. The van der Waals surface area contributed by atoms with E-state index in [1.165, 1.54) is 16.6 Å². The molecule has 24 heavy (non-hydrogen) atoms. The largest absolute Gasteiger partial charge is 0.350 e. The van der Waals surface area contributed by atoms with Gasteiger partial charge in [-0.3, -0.25) is 4.79 Å². The molecular formula is C18H19N5O. The number of hydrogen-bond donors (Lipinski definition) is 1. The Hall–Kier alpha value is -3.02. The maximum absolute atomic E-state index is 12.6. The average molecular weight is 321 g/mol. The Morgan fingerprint density at radius 3 is 2.62 bits per heavy atom. The number of tetrazole rings is 1. The van der Waals surface area contributed by atoms with Gasteiger partial charge in [-0.15, -0.1) is 5.10 Å². The number of aryl methyl sites for hydroxylation is 1. The number of nitrogens with zero attached hydrogens (tertiary/aromatic N) is 4. The fourth-order valence-corrected chi connectivity index (χ4v) is 2.54. The van der Waals surface area contributed by atoms with Gasteiger partial charge in [-0.25, -0.2) is 0 Å². The van der Waals surface area contributed by atoms with Crippen LogP contribution in [0.15, 0.2) is 60.9 Å². The second-order valence-electron chi connectivity index (χ2n) is 5.67. The number of aromatic nitrogens is 4. The molecule has 1 unspecified atom stereocenters. The van der Waals surface area contributed by atoms with Crippen molar-refractivity contribution in [3.05, 3.63) is 72.1 Å². The fraction of sp³-hybridized carbons (Fsp3) is 0.222. The number of nitrogens with one attached hydrogen (secondary N) is 1. The first-order valence-corrected chi connectivity index (χ1v) is 7.91. The van der Waals surface area contributed by atoms with Gasteiger partial charge in [0.05, 0.1) is 11.3 Å². The van der Waals surface area contributed by atoms with E-state index in [1.54, 1.807) is 6.07 Å². The lowest BCUT2D eigenvalue weighted by Crippen LogP contribution is -2.33. The first kappa shape index (κ1) is 15.9. The molecule has 1 heterocycles. The summed E-state index contributed by atoms with van der Waals surface area (Å²) in [5.74, 6) is -0.123. The number of rotatable bonds is 6. The maximum atomic E-state index is 12.6. The van der Waals surface area contributed by atoms with Crippen molar-refractivity contribution in [1.29, 1.82) is 0 Å². The Morgan fingerprint density at radius 1 is 1.12 bits per heavy atom. The lowest BCUT2D eigenvalue weighted by molar-refractivity contribution is 0.0938. The van der Waals surface area contributed by atoms with Gasteiger partial charge in [0.2, 0.25) is 0 Å². The zero-order chi connectivity index (χ0) is 16.8. The lowest BCUT2D eigenvalue weighted by Gasteiger charge is -2.15. The van der Waals surface area contributed by atoms with Crippen LogP contribution in [0.3, 0.4) is 0 Å². The van der Waals surface area contributed by atoms with Crippen LogP contribution in [-0.4, -0.2) is 32.2 Å². The molecule has 2 aromatic carbocycles. The molecule has 0 fully saturated rings. The molecule has 0 aliphatic heterocycles. The van der Waals surface area contributed by atoms with E-state index in [0.717, 1.165) is 12.8 Å². The van der Waals surface area contributed by atoms with Crippen molar-refractivity contribution in [2.45, 2.75) is 25.8 Å². The molecular weight excluding hydrogens is 302 g/mol. The third-order valence-electron chi connectivity index (χ3n) is 3.83. The fourth-order valence-electron chi connectivity index (χ4n) is 2.54. The van der Waals surface area contributed by atoms with Crippen LogP contribution in [0.4, 0.5) is 0 Å². The summed E-state index contributed by atoms with van der Waals surface area (Å²) < 4.78 is 1.49. The number of amides is 1. The number of hydrogen-bond acceptors (Lipinski definition) is 4. The highest BCUT2D eigenvalue weighted by molar-refractivity contribution is 5.97. The molecule has 0 radical (unpaired) electrons. The second kappa shape index (κ2) is 7.50. The highest BCUT2D eigenvalue weighted by Crippen LogP contribution is 2.13. The van der Waals surface area contributed by atoms with Crippen LogP contribution in [0, 0.1) is 0 Å². The number of carbonyl (C=O) groups is 1. The van der Waals surface area contributed by atoms with Crippen LogP contribution in [-0.2, 0) is 6.42 Å². The van der Waals surface area contributed by atoms with E-state index in [9.17, 15) is 4.79 Å². The summed E-state index contributed by atoms with van der Waals surface area (Å²) in [6.07, 6.45) is 3.28. The summed E-state index contributed by atoms with van der Waals surface area (Å²) >= 11 is 0. The van der Waals surface area contributed by atoms with E-state index >= 15 is 0 Å². The van der Waals surface area contributed by atoms with E-state index in [4.69, 9.17) is 0 Å². The highest BCUT2D eigenvalue weighted by Gasteiger charge is 2.15. The van der Waals surface area contributed by atoms with Gasteiger partial charge in [-0.2, -0.15) is 4.68 Å². The molecule has 3 rings (SSSR count). The molecule has 0 saturated heterocycles. The number of benzene rings is 2. The third-order valence-corrected chi connectivity index (χ3v) is 3.83. The first-order valence-electron chi connectivity index (χ1n) is 7.91. The second-order valence-corrected chi connectivity index (χ2v) is 5.67. The average Bonchev–Trinajstić information content (AvgIpc) is 3.15. The van der Waals surface area contributed by atoms with Crippen molar-refractivity contribution >= 4 is 5.91 Å². The van der Waals surface area contributed by atoms with Gasteiger partial charge in [0.25, 0.3) is 5.91 Å². The van der Waals surface area contributed by atoms with E-state index in [1.807, 2.05) is 43.3 Å². The molecule has 6 nitrogen and oxygen atoms in total. The summed E-state index contributed by atoms with van der Waals surface area (Å²) in [7, 11) is 0. The maximum Gasteiger partial charge on any atom is 0.253 e. The predicted molar refractivity (Wildman–Crippen MR) is 90.8 cm³/mol. The van der Waals surface area contributed by atoms with Crippen LogP contribution in [0.1, 0.15) is 29.3 Å². The summed E-state index contributed by atoms with van der Waals surface area (Å²) in [5, 5.41) is 14.2. The smallest absolute Gasteiger partial charge is 0.253 e. The molecule has 3 aromatic rings. The van der Waals surface area contributed by atoms with Gasteiger partial charge in [0.15, 0.2) is 0 Å². The molecule has 0 saturated carbocycles. The van der Waals surface area contributed by atoms with E-state index in [2.05, 4.69) is 33.0 Å². The summed E-state index contributed by atoms with van der Waals surface area (Å²) in [6.45, 7) is 2.01. The van der Waals surface area contributed by atoms with Crippen molar-refractivity contribution in [3.8, 4) is 5.69 Å². The van der Waals surface area contributed by atoms with Gasteiger partial charge in [0, 0.05) is 6.04 Å². The minimum Gasteiger partial charge on any atom is -0.350 e. The summed E-state index contributed by atoms with van der Waals surface area (Å²) in [5.41, 5.74) is 2.49. The van der Waals surface area contributed by atoms with Crippen molar-refractivity contribution in [2.75, 3.05) is 0 Å². The molecule has 1 N–H and O–H groups in total. The molecule has 1 amide bonds. The van der Waals surface area contributed by atoms with Crippen LogP contribution >= 0.6 is 0 Å². The van der Waals surface area contributed by atoms with Gasteiger partial charge < -0.3 is 5.32 Å². The topological polar surface area (TPSA) is 72.7 Å². The van der Waals surface area contributed by atoms with Gasteiger partial charge in [0.1, 0.15) is 6.33 Å². The lowest BCUT2D eigenvalue weighted by atomic mass is 10.1. The van der Waals surface area contributed by atoms with Crippen molar-refractivity contribution in [3.63, 3.8) is 0 Å². The molecule has 1 aromatic heterocycles. The molecule has 0 spiro atoms. The molecule has 1 atom stereocenters. The van der Waals surface area contributed by atoms with E-state index in [-0.39, 0.29) is 11.9 Å². The Morgan fingerprint density at radius 2 is 1.88 bits per heavy atom. The van der Waals surface area contributed by atoms with Crippen LogP contribution in [0.25, 0.3) is 5.69 Å². The number of para-hydroxylation sites is 1. The summed E-state index contributed by atoms with van der Waals surface area (Å²) in [4.78, 5) is 12.6. The Labute approximate surface area is 140 Å². The minimum atomic E-state index is -0.123. The predicted octanol–water partition coefficient (Wildman–Crippen LogP) is 2.41. The van der Waals surface area contributed by atoms with Gasteiger partial charge in [-0.1, -0.05) is 42.5 Å². The van der Waals surface area contributed by atoms with Crippen LogP contribution < -0.4 is 5.32 Å². The van der Waals surface area contributed by atoms with Crippen molar-refractivity contribution in [1.82, 2.24) is 25.5 Å². The first-order chi connectivity index (χ1) is 11.7. The quantitative estimate of drug-likeness (QED) is 0.757. The minimum absolute atomic E-state index is 0.0691. The normalized spacial score (nSPS) is 11.9.